The summed E-state index contributed by atoms with van der Waals surface area (Å²) in [4.78, 5) is 3.62. The van der Waals surface area contributed by atoms with Crippen LogP contribution in [0.1, 0.15) is 22.2 Å². The molecule has 1 aromatic carbocycles. The van der Waals surface area contributed by atoms with Gasteiger partial charge in [0.05, 0.1) is 0 Å². The van der Waals surface area contributed by atoms with Crippen LogP contribution in [0.15, 0.2) is 60.1 Å². The SMILES string of the molecule is Cc1ccc(NC(=S)N2CCn3cccc3[C@H]2c2cccs2)cc1. The molecule has 1 atom stereocenters. The molecule has 2 aromatic heterocycles. The van der Waals surface area contributed by atoms with Gasteiger partial charge in [-0.05, 0) is 54.9 Å². The number of aryl methyl sites for hydroxylation is 1. The van der Waals surface area contributed by atoms with Gasteiger partial charge in [-0.15, -0.1) is 11.3 Å². The predicted octanol–water partition coefficient (Wildman–Crippen LogP) is 4.66. The highest BCUT2D eigenvalue weighted by atomic mass is 32.1. The molecular weight excluding hydrogens is 334 g/mol. The van der Waals surface area contributed by atoms with Crippen LogP contribution in [-0.4, -0.2) is 21.1 Å². The molecule has 1 N–H and O–H groups in total. The maximum absolute atomic E-state index is 5.75. The third kappa shape index (κ3) is 2.85. The Morgan fingerprint density at radius 1 is 1.12 bits per heavy atom. The van der Waals surface area contributed by atoms with E-state index < -0.39 is 0 Å². The van der Waals surface area contributed by atoms with Crippen molar-refractivity contribution in [3.05, 3.63) is 76.2 Å². The molecule has 0 spiro atoms. The number of anilines is 1. The number of hydrogen-bond acceptors (Lipinski definition) is 2. The summed E-state index contributed by atoms with van der Waals surface area (Å²) in [7, 11) is 0. The summed E-state index contributed by atoms with van der Waals surface area (Å²) in [5.41, 5.74) is 3.59. The fourth-order valence-corrected chi connectivity index (χ4v) is 4.34. The van der Waals surface area contributed by atoms with Gasteiger partial charge in [-0.25, -0.2) is 0 Å². The highest BCUT2D eigenvalue weighted by Crippen LogP contribution is 2.35. The smallest absolute Gasteiger partial charge is 0.174 e. The normalized spacial score (nSPS) is 16.7. The molecule has 122 valence electrons. The van der Waals surface area contributed by atoms with Crippen molar-refractivity contribution in [1.82, 2.24) is 9.47 Å². The van der Waals surface area contributed by atoms with Gasteiger partial charge < -0.3 is 14.8 Å². The Labute approximate surface area is 151 Å². The van der Waals surface area contributed by atoms with E-state index in [2.05, 4.69) is 81.8 Å². The predicted molar refractivity (Wildman–Crippen MR) is 105 cm³/mol. The lowest BCUT2D eigenvalue weighted by molar-refractivity contribution is 0.297. The highest BCUT2D eigenvalue weighted by molar-refractivity contribution is 7.80. The molecule has 0 unspecified atom stereocenters. The van der Waals surface area contributed by atoms with Crippen LogP contribution in [0, 0.1) is 6.92 Å². The van der Waals surface area contributed by atoms with Gasteiger partial charge in [0.25, 0.3) is 0 Å². The van der Waals surface area contributed by atoms with Gasteiger partial charge in [-0.2, -0.15) is 0 Å². The van der Waals surface area contributed by atoms with Gasteiger partial charge in [0.15, 0.2) is 5.11 Å². The molecule has 0 aliphatic carbocycles. The Hall–Kier alpha value is -2.11. The minimum atomic E-state index is 0.180. The fourth-order valence-electron chi connectivity index (χ4n) is 3.18. The van der Waals surface area contributed by atoms with Crippen LogP contribution < -0.4 is 5.32 Å². The van der Waals surface area contributed by atoms with E-state index in [1.54, 1.807) is 11.3 Å². The average molecular weight is 354 g/mol. The summed E-state index contributed by atoms with van der Waals surface area (Å²) in [5, 5.41) is 6.32. The van der Waals surface area contributed by atoms with Crippen LogP contribution in [0.3, 0.4) is 0 Å². The van der Waals surface area contributed by atoms with E-state index in [4.69, 9.17) is 12.2 Å². The number of aromatic nitrogens is 1. The summed E-state index contributed by atoms with van der Waals surface area (Å²) in [6.45, 7) is 3.95. The molecule has 5 heteroatoms. The van der Waals surface area contributed by atoms with Crippen molar-refractivity contribution in [3.8, 4) is 0 Å². The Morgan fingerprint density at radius 2 is 1.96 bits per heavy atom. The van der Waals surface area contributed by atoms with Crippen molar-refractivity contribution < 1.29 is 0 Å². The molecule has 0 amide bonds. The first-order chi connectivity index (χ1) is 11.7. The summed E-state index contributed by atoms with van der Waals surface area (Å²) in [6.07, 6.45) is 2.16. The number of nitrogens with zero attached hydrogens (tertiary/aromatic N) is 2. The Balaban J connectivity index is 1.63. The van der Waals surface area contributed by atoms with E-state index in [9.17, 15) is 0 Å². The van der Waals surface area contributed by atoms with Crippen LogP contribution in [-0.2, 0) is 6.54 Å². The van der Waals surface area contributed by atoms with E-state index in [0.717, 1.165) is 23.9 Å². The summed E-state index contributed by atoms with van der Waals surface area (Å²) in [6, 6.07) is 17.2. The van der Waals surface area contributed by atoms with Gasteiger partial charge in [-0.1, -0.05) is 23.8 Å². The maximum Gasteiger partial charge on any atom is 0.174 e. The molecule has 0 saturated heterocycles. The molecule has 3 aromatic rings. The fraction of sp³-hybridized carbons (Fsp3) is 0.211. The molecule has 4 rings (SSSR count). The molecule has 24 heavy (non-hydrogen) atoms. The van der Waals surface area contributed by atoms with Crippen LogP contribution >= 0.6 is 23.6 Å². The number of fused-ring (bicyclic) bond motifs is 1. The minimum Gasteiger partial charge on any atom is -0.347 e. The number of nitrogens with one attached hydrogen (secondary N) is 1. The molecule has 1 aliphatic rings. The molecule has 0 saturated carbocycles. The molecular formula is C19H19N3S2. The van der Waals surface area contributed by atoms with Gasteiger partial charge in [0.1, 0.15) is 6.04 Å². The minimum absolute atomic E-state index is 0.180. The van der Waals surface area contributed by atoms with Crippen molar-refractivity contribution >= 4 is 34.4 Å². The number of thiophene rings is 1. The third-order valence-corrected chi connectivity index (χ3v) is 5.68. The molecule has 0 radical (unpaired) electrons. The number of hydrogen-bond donors (Lipinski definition) is 1. The number of thiocarbonyl (C=S) groups is 1. The lowest BCUT2D eigenvalue weighted by Crippen LogP contribution is -2.44. The molecule has 3 nitrogen and oxygen atoms in total. The van der Waals surface area contributed by atoms with Gasteiger partial charge in [0, 0.05) is 35.5 Å². The standard InChI is InChI=1S/C19H19N3S2/c1-14-6-8-15(9-7-14)20-19(23)22-12-11-21-10-2-4-16(21)18(22)17-5-3-13-24-17/h2-10,13,18H,11-12H2,1H3,(H,20,23)/t18-/m0/s1. The Morgan fingerprint density at radius 3 is 2.71 bits per heavy atom. The zero-order valence-corrected chi connectivity index (χ0v) is 15.1. The highest BCUT2D eigenvalue weighted by Gasteiger charge is 2.31. The second kappa shape index (κ2) is 6.42. The first-order valence-corrected chi connectivity index (χ1v) is 9.34. The lowest BCUT2D eigenvalue weighted by atomic mass is 10.1. The molecule has 0 bridgehead atoms. The summed E-state index contributed by atoms with van der Waals surface area (Å²) in [5.74, 6) is 0. The topological polar surface area (TPSA) is 20.2 Å². The average Bonchev–Trinajstić information content (AvgIpc) is 3.27. The number of rotatable bonds is 2. The monoisotopic (exact) mass is 353 g/mol. The zero-order chi connectivity index (χ0) is 16.5. The van der Waals surface area contributed by atoms with E-state index >= 15 is 0 Å². The molecule has 0 fully saturated rings. The van der Waals surface area contributed by atoms with E-state index in [1.165, 1.54) is 16.1 Å². The second-order valence-electron chi connectivity index (χ2n) is 6.03. The van der Waals surface area contributed by atoms with Crippen molar-refractivity contribution in [2.75, 3.05) is 11.9 Å². The quantitative estimate of drug-likeness (QED) is 0.677. The van der Waals surface area contributed by atoms with Crippen molar-refractivity contribution in [2.45, 2.75) is 19.5 Å². The third-order valence-electron chi connectivity index (χ3n) is 4.41. The molecule has 1 aliphatic heterocycles. The zero-order valence-electron chi connectivity index (χ0n) is 13.5. The van der Waals surface area contributed by atoms with E-state index in [1.807, 2.05) is 0 Å². The van der Waals surface area contributed by atoms with E-state index in [-0.39, 0.29) is 6.04 Å². The van der Waals surface area contributed by atoms with Gasteiger partial charge in [-0.3, -0.25) is 0 Å². The maximum atomic E-state index is 5.75. The van der Waals surface area contributed by atoms with Crippen LogP contribution in [0.25, 0.3) is 0 Å². The van der Waals surface area contributed by atoms with Crippen LogP contribution in [0.5, 0.6) is 0 Å². The van der Waals surface area contributed by atoms with E-state index in [0.29, 0.717) is 0 Å². The van der Waals surface area contributed by atoms with Crippen LogP contribution in [0.4, 0.5) is 5.69 Å². The largest absolute Gasteiger partial charge is 0.347 e. The van der Waals surface area contributed by atoms with Gasteiger partial charge in [0.2, 0.25) is 0 Å². The van der Waals surface area contributed by atoms with Crippen LogP contribution in [0.2, 0.25) is 0 Å². The van der Waals surface area contributed by atoms with Gasteiger partial charge >= 0.3 is 0 Å². The summed E-state index contributed by atoms with van der Waals surface area (Å²) < 4.78 is 2.33. The molecule has 3 heterocycles. The first kappa shape index (κ1) is 15.4. The second-order valence-corrected chi connectivity index (χ2v) is 7.40. The Kier molecular flexibility index (Phi) is 4.12. The number of benzene rings is 1. The first-order valence-electron chi connectivity index (χ1n) is 8.05. The Bertz CT molecular complexity index is 834. The van der Waals surface area contributed by atoms with Crippen molar-refractivity contribution in [1.29, 1.82) is 0 Å². The lowest BCUT2D eigenvalue weighted by Gasteiger charge is -2.38. The van der Waals surface area contributed by atoms with Crippen molar-refractivity contribution in [3.63, 3.8) is 0 Å². The summed E-state index contributed by atoms with van der Waals surface area (Å²) >= 11 is 7.54. The van der Waals surface area contributed by atoms with Crippen molar-refractivity contribution in [2.24, 2.45) is 0 Å².